The highest BCUT2D eigenvalue weighted by Crippen LogP contribution is 2.35. The van der Waals surface area contributed by atoms with E-state index in [1.165, 1.54) is 21.8 Å². The maximum atomic E-state index is 12.2. The van der Waals surface area contributed by atoms with Crippen molar-refractivity contribution in [3.05, 3.63) is 51.7 Å². The quantitative estimate of drug-likeness (QED) is 0.818. The van der Waals surface area contributed by atoms with E-state index >= 15 is 0 Å². The van der Waals surface area contributed by atoms with Gasteiger partial charge in [0.2, 0.25) is 5.91 Å². The fraction of sp³-hybridized carbons (Fsp3) is 0.333. The minimum atomic E-state index is -0.0432. The van der Waals surface area contributed by atoms with E-state index in [-0.39, 0.29) is 30.6 Å². The first-order valence-corrected chi connectivity index (χ1v) is 9.54. The molecule has 5 heteroatoms. The zero-order valence-corrected chi connectivity index (χ0v) is 14.6. The molecular formula is C18H19NO2S2. The number of amides is 1. The van der Waals surface area contributed by atoms with Crippen LogP contribution < -0.4 is 5.32 Å². The number of carbonyl (C=O) groups is 2. The van der Waals surface area contributed by atoms with Crippen LogP contribution in [0.4, 0.5) is 0 Å². The number of thiophene rings is 1. The number of fused-ring (bicyclic) bond motifs is 1. The van der Waals surface area contributed by atoms with Gasteiger partial charge < -0.3 is 5.32 Å². The SMILES string of the molecule is Cc1ccc(C(=O)CCC(=O)NC2CCSc3ccccc32)s1. The predicted molar refractivity (Wildman–Crippen MR) is 95.3 cm³/mol. The minimum Gasteiger partial charge on any atom is -0.349 e. The maximum Gasteiger partial charge on any atom is 0.220 e. The second-order valence-corrected chi connectivity index (χ2v) is 8.05. The molecule has 23 heavy (non-hydrogen) atoms. The molecule has 1 aliphatic heterocycles. The molecule has 3 rings (SSSR count). The number of aryl methyl sites for hydroxylation is 1. The van der Waals surface area contributed by atoms with Gasteiger partial charge in [0.25, 0.3) is 0 Å². The number of hydrogen-bond acceptors (Lipinski definition) is 4. The summed E-state index contributed by atoms with van der Waals surface area (Å²) in [5, 5.41) is 3.09. The summed E-state index contributed by atoms with van der Waals surface area (Å²) < 4.78 is 0. The smallest absolute Gasteiger partial charge is 0.220 e. The summed E-state index contributed by atoms with van der Waals surface area (Å²) in [6.07, 6.45) is 1.46. The lowest BCUT2D eigenvalue weighted by atomic mass is 10.0. The molecule has 1 atom stereocenters. The predicted octanol–water partition coefficient (Wildman–Crippen LogP) is 4.37. The first kappa shape index (κ1) is 16.3. The molecule has 0 saturated heterocycles. The highest BCUT2D eigenvalue weighted by molar-refractivity contribution is 7.99. The Morgan fingerprint density at radius 2 is 2.00 bits per heavy atom. The number of nitrogens with one attached hydrogen (secondary N) is 1. The van der Waals surface area contributed by atoms with Crippen LogP contribution in [-0.2, 0) is 4.79 Å². The van der Waals surface area contributed by atoms with E-state index in [0.29, 0.717) is 0 Å². The molecular weight excluding hydrogens is 326 g/mol. The Bertz CT molecular complexity index is 723. The summed E-state index contributed by atoms with van der Waals surface area (Å²) in [6, 6.07) is 12.1. The molecule has 1 amide bonds. The summed E-state index contributed by atoms with van der Waals surface area (Å²) in [6.45, 7) is 1.98. The number of rotatable bonds is 5. The molecule has 120 valence electrons. The zero-order chi connectivity index (χ0) is 16.2. The lowest BCUT2D eigenvalue weighted by Gasteiger charge is -2.25. The van der Waals surface area contributed by atoms with Crippen molar-refractivity contribution in [3.63, 3.8) is 0 Å². The molecule has 1 aromatic carbocycles. The maximum absolute atomic E-state index is 12.2. The molecule has 0 fully saturated rings. The van der Waals surface area contributed by atoms with Gasteiger partial charge in [0.05, 0.1) is 10.9 Å². The van der Waals surface area contributed by atoms with Crippen molar-refractivity contribution in [2.24, 2.45) is 0 Å². The fourth-order valence-corrected chi connectivity index (χ4v) is 4.65. The molecule has 1 aromatic heterocycles. The third-order valence-electron chi connectivity index (χ3n) is 3.89. The Morgan fingerprint density at radius 3 is 2.78 bits per heavy atom. The third-order valence-corrected chi connectivity index (χ3v) is 6.05. The molecule has 1 N–H and O–H groups in total. The van der Waals surface area contributed by atoms with Gasteiger partial charge in [-0.05, 0) is 37.1 Å². The van der Waals surface area contributed by atoms with E-state index < -0.39 is 0 Å². The third kappa shape index (κ3) is 4.03. The first-order valence-electron chi connectivity index (χ1n) is 7.74. The lowest BCUT2D eigenvalue weighted by molar-refractivity contribution is -0.121. The van der Waals surface area contributed by atoms with Gasteiger partial charge in [0.15, 0.2) is 5.78 Å². The van der Waals surface area contributed by atoms with Crippen molar-refractivity contribution in [3.8, 4) is 0 Å². The molecule has 0 aliphatic carbocycles. The molecule has 0 spiro atoms. The molecule has 0 saturated carbocycles. The van der Waals surface area contributed by atoms with Crippen LogP contribution in [0.3, 0.4) is 0 Å². The van der Waals surface area contributed by atoms with E-state index in [0.717, 1.165) is 21.9 Å². The van der Waals surface area contributed by atoms with Crippen LogP contribution >= 0.6 is 23.1 Å². The molecule has 2 aromatic rings. The normalized spacial score (nSPS) is 16.7. The Hall–Kier alpha value is -1.59. The molecule has 2 heterocycles. The molecule has 1 aliphatic rings. The van der Waals surface area contributed by atoms with Gasteiger partial charge in [-0.15, -0.1) is 23.1 Å². The van der Waals surface area contributed by atoms with Gasteiger partial charge in [0, 0.05) is 28.4 Å². The van der Waals surface area contributed by atoms with Gasteiger partial charge >= 0.3 is 0 Å². The average Bonchev–Trinajstić information content (AvgIpc) is 2.99. The van der Waals surface area contributed by atoms with Gasteiger partial charge in [-0.2, -0.15) is 0 Å². The van der Waals surface area contributed by atoms with Crippen LogP contribution in [0.15, 0.2) is 41.3 Å². The van der Waals surface area contributed by atoms with Gasteiger partial charge in [-0.25, -0.2) is 0 Å². The van der Waals surface area contributed by atoms with Crippen LogP contribution in [0.2, 0.25) is 0 Å². The highest BCUT2D eigenvalue weighted by Gasteiger charge is 2.22. The summed E-state index contributed by atoms with van der Waals surface area (Å²) in [7, 11) is 0. The van der Waals surface area contributed by atoms with Crippen molar-refractivity contribution < 1.29 is 9.59 Å². The number of ketones is 1. The van der Waals surface area contributed by atoms with Crippen LogP contribution in [0.5, 0.6) is 0 Å². The molecule has 0 bridgehead atoms. The molecule has 1 unspecified atom stereocenters. The first-order chi connectivity index (χ1) is 11.1. The van der Waals surface area contributed by atoms with Crippen molar-refractivity contribution in [1.29, 1.82) is 0 Å². The number of thioether (sulfide) groups is 1. The van der Waals surface area contributed by atoms with Crippen molar-refractivity contribution in [2.75, 3.05) is 5.75 Å². The summed E-state index contributed by atoms with van der Waals surface area (Å²) in [5.74, 6) is 1.02. The zero-order valence-electron chi connectivity index (χ0n) is 13.0. The number of hydrogen-bond donors (Lipinski definition) is 1. The van der Waals surface area contributed by atoms with Gasteiger partial charge in [-0.3, -0.25) is 9.59 Å². The highest BCUT2D eigenvalue weighted by atomic mass is 32.2. The van der Waals surface area contributed by atoms with Crippen LogP contribution in [0.1, 0.15) is 45.4 Å². The second kappa shape index (κ2) is 7.32. The van der Waals surface area contributed by atoms with Crippen LogP contribution in [0.25, 0.3) is 0 Å². The summed E-state index contributed by atoms with van der Waals surface area (Å²) >= 11 is 3.32. The lowest BCUT2D eigenvalue weighted by Crippen LogP contribution is -2.30. The van der Waals surface area contributed by atoms with Crippen LogP contribution in [-0.4, -0.2) is 17.4 Å². The number of Topliss-reactive ketones (excluding diaryl/α,β-unsaturated/α-hetero) is 1. The van der Waals surface area contributed by atoms with Crippen molar-refractivity contribution >= 4 is 34.8 Å². The van der Waals surface area contributed by atoms with E-state index in [4.69, 9.17) is 0 Å². The topological polar surface area (TPSA) is 46.2 Å². The van der Waals surface area contributed by atoms with Crippen molar-refractivity contribution in [2.45, 2.75) is 37.1 Å². The molecule has 3 nitrogen and oxygen atoms in total. The Labute approximate surface area is 144 Å². The van der Waals surface area contributed by atoms with E-state index in [1.807, 2.05) is 43.0 Å². The summed E-state index contributed by atoms with van der Waals surface area (Å²) in [5.41, 5.74) is 1.19. The van der Waals surface area contributed by atoms with E-state index in [1.54, 1.807) is 0 Å². The van der Waals surface area contributed by atoms with Crippen LogP contribution in [0, 0.1) is 6.92 Å². The Kier molecular flexibility index (Phi) is 5.18. The Morgan fingerprint density at radius 1 is 1.17 bits per heavy atom. The standard InChI is InChI=1S/C18H19NO2S2/c1-12-6-8-17(23-12)15(20)7-9-18(21)19-14-10-11-22-16-5-3-2-4-13(14)16/h2-6,8,14H,7,9-11H2,1H3,(H,19,21). The average molecular weight is 345 g/mol. The largest absolute Gasteiger partial charge is 0.349 e. The second-order valence-electron chi connectivity index (χ2n) is 5.63. The van der Waals surface area contributed by atoms with E-state index in [9.17, 15) is 9.59 Å². The van der Waals surface area contributed by atoms with Gasteiger partial charge in [-0.1, -0.05) is 18.2 Å². The monoisotopic (exact) mass is 345 g/mol. The number of carbonyl (C=O) groups excluding carboxylic acids is 2. The number of benzene rings is 1. The molecule has 0 radical (unpaired) electrons. The van der Waals surface area contributed by atoms with E-state index in [2.05, 4.69) is 17.4 Å². The fourth-order valence-electron chi connectivity index (χ4n) is 2.69. The van der Waals surface area contributed by atoms with Gasteiger partial charge in [0.1, 0.15) is 0 Å². The summed E-state index contributed by atoms with van der Waals surface area (Å²) in [4.78, 5) is 27.4. The van der Waals surface area contributed by atoms with Crippen molar-refractivity contribution in [1.82, 2.24) is 5.32 Å². The Balaban J connectivity index is 1.55. The minimum absolute atomic E-state index is 0.0432.